The maximum absolute atomic E-state index is 12.2. The van der Waals surface area contributed by atoms with Crippen molar-refractivity contribution < 1.29 is 14.3 Å². The fourth-order valence-corrected chi connectivity index (χ4v) is 2.68. The highest BCUT2D eigenvalue weighted by molar-refractivity contribution is 5.68. The smallest absolute Gasteiger partial charge is 0.410 e. The van der Waals surface area contributed by atoms with Crippen LogP contribution in [-0.2, 0) is 4.74 Å². The highest BCUT2D eigenvalue weighted by Crippen LogP contribution is 2.28. The third-order valence-electron chi connectivity index (χ3n) is 3.75. The first kappa shape index (κ1) is 16.6. The molecule has 0 saturated carbocycles. The van der Waals surface area contributed by atoms with E-state index in [-0.39, 0.29) is 12.1 Å². The minimum atomic E-state index is -0.469. The first-order chi connectivity index (χ1) is 10.3. The molecule has 0 aliphatic carbocycles. The van der Waals surface area contributed by atoms with Crippen LogP contribution in [0, 0.1) is 6.92 Å². The predicted octanol–water partition coefficient (Wildman–Crippen LogP) is 2.89. The zero-order valence-electron chi connectivity index (χ0n) is 14.1. The number of nitrogens with zero attached hydrogens (tertiary/aromatic N) is 1. The molecule has 5 nitrogen and oxygen atoms in total. The van der Waals surface area contributed by atoms with E-state index in [9.17, 15) is 4.79 Å². The number of methoxy groups -OCH3 is 1. The molecular formula is C17H26N2O3. The molecule has 1 amide bonds. The van der Waals surface area contributed by atoms with Gasteiger partial charge in [0.2, 0.25) is 0 Å². The number of ether oxygens (including phenoxy) is 2. The fraction of sp³-hybridized carbons (Fsp3) is 0.588. The number of amides is 1. The average molecular weight is 306 g/mol. The summed E-state index contributed by atoms with van der Waals surface area (Å²) in [4.78, 5) is 14.0. The standard InChI is InChI=1S/C17H26N2O3/c1-12-13(7-6-8-15(12)21-5)14-11-19(10-9-18-14)16(20)22-17(2,3)4/h6-8,14,18H,9-11H2,1-5H3. The molecule has 1 heterocycles. The SMILES string of the molecule is COc1cccc(C2CN(C(=O)OC(C)(C)C)CCN2)c1C. The third kappa shape index (κ3) is 3.91. The Bertz CT molecular complexity index is 537. The van der Waals surface area contributed by atoms with Crippen LogP contribution in [-0.4, -0.2) is 43.3 Å². The van der Waals surface area contributed by atoms with Crippen molar-refractivity contribution in [2.75, 3.05) is 26.7 Å². The van der Waals surface area contributed by atoms with E-state index in [1.54, 1.807) is 12.0 Å². The van der Waals surface area contributed by atoms with E-state index in [1.165, 1.54) is 0 Å². The van der Waals surface area contributed by atoms with Gasteiger partial charge < -0.3 is 19.7 Å². The highest BCUT2D eigenvalue weighted by atomic mass is 16.6. The number of hydrogen-bond donors (Lipinski definition) is 1. The van der Waals surface area contributed by atoms with Gasteiger partial charge in [-0.15, -0.1) is 0 Å². The number of benzene rings is 1. The molecule has 0 radical (unpaired) electrons. The summed E-state index contributed by atoms with van der Waals surface area (Å²) >= 11 is 0. The van der Waals surface area contributed by atoms with Gasteiger partial charge in [-0.25, -0.2) is 4.79 Å². The summed E-state index contributed by atoms with van der Waals surface area (Å²) in [6.07, 6.45) is -0.250. The molecular weight excluding hydrogens is 280 g/mol. The topological polar surface area (TPSA) is 50.8 Å². The fourth-order valence-electron chi connectivity index (χ4n) is 2.68. The van der Waals surface area contributed by atoms with Crippen molar-refractivity contribution in [1.29, 1.82) is 0 Å². The number of piperazine rings is 1. The molecule has 22 heavy (non-hydrogen) atoms. The zero-order chi connectivity index (χ0) is 16.3. The van der Waals surface area contributed by atoms with E-state index in [0.717, 1.165) is 23.4 Å². The monoisotopic (exact) mass is 306 g/mol. The molecule has 2 rings (SSSR count). The summed E-state index contributed by atoms with van der Waals surface area (Å²) in [7, 11) is 1.67. The Balaban J connectivity index is 2.12. The van der Waals surface area contributed by atoms with Crippen LogP contribution in [0.4, 0.5) is 4.79 Å². The molecule has 1 aromatic carbocycles. The Kier molecular flexibility index (Phi) is 4.96. The summed E-state index contributed by atoms with van der Waals surface area (Å²) in [5, 5.41) is 3.47. The van der Waals surface area contributed by atoms with Gasteiger partial charge in [0.25, 0.3) is 0 Å². The van der Waals surface area contributed by atoms with Crippen LogP contribution < -0.4 is 10.1 Å². The Morgan fingerprint density at radius 3 is 2.73 bits per heavy atom. The maximum Gasteiger partial charge on any atom is 0.410 e. The molecule has 1 unspecified atom stereocenters. The van der Waals surface area contributed by atoms with Gasteiger partial charge in [-0.05, 0) is 44.9 Å². The van der Waals surface area contributed by atoms with Crippen molar-refractivity contribution in [2.45, 2.75) is 39.3 Å². The minimum Gasteiger partial charge on any atom is -0.496 e. The Morgan fingerprint density at radius 1 is 1.36 bits per heavy atom. The lowest BCUT2D eigenvalue weighted by Gasteiger charge is -2.35. The summed E-state index contributed by atoms with van der Waals surface area (Å²) < 4.78 is 10.9. The first-order valence-electron chi connectivity index (χ1n) is 7.66. The normalized spacial score (nSPS) is 19.0. The van der Waals surface area contributed by atoms with Crippen LogP contribution >= 0.6 is 0 Å². The average Bonchev–Trinajstić information content (AvgIpc) is 2.46. The molecule has 0 bridgehead atoms. The molecule has 1 aliphatic rings. The predicted molar refractivity (Wildman–Crippen MR) is 86.3 cm³/mol. The van der Waals surface area contributed by atoms with Crippen LogP contribution in [0.2, 0.25) is 0 Å². The van der Waals surface area contributed by atoms with Gasteiger partial charge >= 0.3 is 6.09 Å². The van der Waals surface area contributed by atoms with Gasteiger partial charge in [-0.2, -0.15) is 0 Å². The molecule has 1 N–H and O–H groups in total. The van der Waals surface area contributed by atoms with Crippen molar-refractivity contribution in [1.82, 2.24) is 10.2 Å². The number of rotatable bonds is 2. The van der Waals surface area contributed by atoms with Gasteiger partial charge in [0.1, 0.15) is 11.4 Å². The minimum absolute atomic E-state index is 0.0939. The zero-order valence-corrected chi connectivity index (χ0v) is 14.1. The molecule has 0 aromatic heterocycles. The van der Waals surface area contributed by atoms with Crippen LogP contribution in [0.3, 0.4) is 0 Å². The van der Waals surface area contributed by atoms with E-state index < -0.39 is 5.60 Å². The number of carbonyl (C=O) groups excluding carboxylic acids is 1. The van der Waals surface area contributed by atoms with Crippen molar-refractivity contribution in [3.63, 3.8) is 0 Å². The second-order valence-electron chi connectivity index (χ2n) is 6.61. The Hall–Kier alpha value is -1.75. The lowest BCUT2D eigenvalue weighted by Crippen LogP contribution is -2.49. The molecule has 122 valence electrons. The van der Waals surface area contributed by atoms with Crippen molar-refractivity contribution >= 4 is 6.09 Å². The van der Waals surface area contributed by atoms with Gasteiger partial charge in [-0.1, -0.05) is 12.1 Å². The summed E-state index contributed by atoms with van der Waals surface area (Å²) in [6.45, 7) is 9.71. The second kappa shape index (κ2) is 6.57. The summed E-state index contributed by atoms with van der Waals surface area (Å²) in [5.74, 6) is 0.869. The summed E-state index contributed by atoms with van der Waals surface area (Å²) in [6, 6.07) is 6.10. The van der Waals surface area contributed by atoms with Gasteiger partial charge in [0.15, 0.2) is 0 Å². The van der Waals surface area contributed by atoms with E-state index in [4.69, 9.17) is 9.47 Å². The van der Waals surface area contributed by atoms with Crippen molar-refractivity contribution in [3.8, 4) is 5.75 Å². The number of carbonyl (C=O) groups is 1. The van der Waals surface area contributed by atoms with E-state index >= 15 is 0 Å². The lowest BCUT2D eigenvalue weighted by molar-refractivity contribution is 0.0195. The Labute approximate surface area is 132 Å². The molecule has 0 spiro atoms. The van der Waals surface area contributed by atoms with Gasteiger partial charge in [0, 0.05) is 19.6 Å². The molecule has 1 saturated heterocycles. The largest absolute Gasteiger partial charge is 0.496 e. The second-order valence-corrected chi connectivity index (χ2v) is 6.61. The van der Waals surface area contributed by atoms with E-state index in [2.05, 4.69) is 11.4 Å². The number of nitrogens with one attached hydrogen (secondary N) is 1. The van der Waals surface area contributed by atoms with Crippen LogP contribution in [0.5, 0.6) is 5.75 Å². The van der Waals surface area contributed by atoms with Crippen LogP contribution in [0.15, 0.2) is 18.2 Å². The summed E-state index contributed by atoms with van der Waals surface area (Å²) in [5.41, 5.74) is 1.80. The first-order valence-corrected chi connectivity index (χ1v) is 7.66. The third-order valence-corrected chi connectivity index (χ3v) is 3.75. The molecule has 1 aromatic rings. The molecule has 5 heteroatoms. The lowest BCUT2D eigenvalue weighted by atomic mass is 9.98. The highest BCUT2D eigenvalue weighted by Gasteiger charge is 2.28. The number of hydrogen-bond acceptors (Lipinski definition) is 4. The van der Waals surface area contributed by atoms with E-state index in [1.807, 2.05) is 39.8 Å². The van der Waals surface area contributed by atoms with Crippen LogP contribution in [0.25, 0.3) is 0 Å². The molecule has 1 aliphatic heterocycles. The Morgan fingerprint density at radius 2 is 2.09 bits per heavy atom. The van der Waals surface area contributed by atoms with E-state index in [0.29, 0.717) is 13.1 Å². The molecule has 1 fully saturated rings. The quantitative estimate of drug-likeness (QED) is 0.913. The van der Waals surface area contributed by atoms with Gasteiger partial charge in [-0.3, -0.25) is 0 Å². The van der Waals surface area contributed by atoms with Gasteiger partial charge in [0.05, 0.1) is 13.2 Å². The molecule has 1 atom stereocenters. The van der Waals surface area contributed by atoms with Crippen LogP contribution in [0.1, 0.15) is 37.9 Å². The maximum atomic E-state index is 12.2. The van der Waals surface area contributed by atoms with Crippen molar-refractivity contribution in [3.05, 3.63) is 29.3 Å². The van der Waals surface area contributed by atoms with Crippen molar-refractivity contribution in [2.24, 2.45) is 0 Å².